The lowest BCUT2D eigenvalue weighted by Gasteiger charge is -2.12. The molecule has 6 nitrogen and oxygen atoms in total. The van der Waals surface area contributed by atoms with Crippen LogP contribution in [0.25, 0.3) is 11.6 Å². The van der Waals surface area contributed by atoms with E-state index in [1.165, 1.54) is 6.42 Å². The lowest BCUT2D eigenvalue weighted by atomic mass is 10.1. The van der Waals surface area contributed by atoms with Crippen LogP contribution >= 0.6 is 0 Å². The number of aromatic nitrogens is 3. The van der Waals surface area contributed by atoms with Crippen LogP contribution in [0, 0.1) is 11.3 Å². The van der Waals surface area contributed by atoms with Crippen molar-refractivity contribution in [3.63, 3.8) is 0 Å². The van der Waals surface area contributed by atoms with Gasteiger partial charge >= 0.3 is 0 Å². The third kappa shape index (κ3) is 4.72. The first-order valence-electron chi connectivity index (χ1n) is 10.2. The fraction of sp³-hybridized carbons (Fsp3) is 0.500. The number of nitriles is 1. The minimum Gasteiger partial charge on any atom is -0.490 e. The molecule has 0 atom stereocenters. The number of fused-ring (bicyclic) bond motifs is 1. The quantitative estimate of drug-likeness (QED) is 0.492. The first-order chi connectivity index (χ1) is 13.8. The Morgan fingerprint density at radius 1 is 1.18 bits per heavy atom. The second-order valence-corrected chi connectivity index (χ2v) is 6.91. The van der Waals surface area contributed by atoms with Gasteiger partial charge in [0.2, 0.25) is 0 Å². The Kier molecular flexibility index (Phi) is 7.07. The zero-order valence-corrected chi connectivity index (χ0v) is 16.8. The minimum absolute atomic E-state index is 0.516. The lowest BCUT2D eigenvalue weighted by Crippen LogP contribution is -2.05. The van der Waals surface area contributed by atoms with Gasteiger partial charge in [0, 0.05) is 13.0 Å². The number of aryl methyl sites for hydroxylation is 1. The Hall–Kier alpha value is -2.81. The SMILES string of the molecule is CCCCOc1ccc(/C=C(\C#N)c2nnc3n2CCCCC3)cc1OCC. The van der Waals surface area contributed by atoms with E-state index < -0.39 is 0 Å². The maximum Gasteiger partial charge on any atom is 0.174 e. The molecule has 1 aliphatic heterocycles. The van der Waals surface area contributed by atoms with E-state index in [9.17, 15) is 5.26 Å². The van der Waals surface area contributed by atoms with Crippen molar-refractivity contribution in [3.05, 3.63) is 35.4 Å². The predicted molar refractivity (Wildman–Crippen MR) is 109 cm³/mol. The molecule has 0 bridgehead atoms. The zero-order valence-electron chi connectivity index (χ0n) is 16.8. The summed E-state index contributed by atoms with van der Waals surface area (Å²) in [7, 11) is 0. The molecule has 0 radical (unpaired) electrons. The van der Waals surface area contributed by atoms with E-state index in [0.29, 0.717) is 30.4 Å². The van der Waals surface area contributed by atoms with Crippen LogP contribution in [-0.4, -0.2) is 28.0 Å². The van der Waals surface area contributed by atoms with E-state index in [-0.39, 0.29) is 0 Å². The first kappa shape index (κ1) is 19.9. The van der Waals surface area contributed by atoms with Gasteiger partial charge in [-0.2, -0.15) is 5.26 Å². The summed E-state index contributed by atoms with van der Waals surface area (Å²) in [5, 5.41) is 18.4. The summed E-state index contributed by atoms with van der Waals surface area (Å²) in [6.07, 6.45) is 8.26. The second-order valence-electron chi connectivity index (χ2n) is 6.91. The Balaban J connectivity index is 1.89. The molecular weight excluding hydrogens is 352 g/mol. The number of hydrogen-bond acceptors (Lipinski definition) is 5. The first-order valence-corrected chi connectivity index (χ1v) is 10.2. The highest BCUT2D eigenvalue weighted by Gasteiger charge is 2.18. The van der Waals surface area contributed by atoms with Crippen LogP contribution in [0.3, 0.4) is 0 Å². The summed E-state index contributed by atoms with van der Waals surface area (Å²) in [5.41, 5.74) is 1.40. The van der Waals surface area contributed by atoms with E-state index in [0.717, 1.165) is 55.8 Å². The molecule has 1 aromatic carbocycles. The van der Waals surface area contributed by atoms with Crippen molar-refractivity contribution in [2.75, 3.05) is 13.2 Å². The normalized spacial score (nSPS) is 14.1. The van der Waals surface area contributed by atoms with E-state index >= 15 is 0 Å². The van der Waals surface area contributed by atoms with Gasteiger partial charge in [0.15, 0.2) is 17.3 Å². The second kappa shape index (κ2) is 9.93. The van der Waals surface area contributed by atoms with Crippen molar-refractivity contribution in [2.45, 2.75) is 58.9 Å². The average molecular weight is 380 g/mol. The molecule has 1 aliphatic rings. The van der Waals surface area contributed by atoms with E-state index in [2.05, 4.69) is 27.8 Å². The zero-order chi connectivity index (χ0) is 19.8. The molecular formula is C22H28N4O2. The molecule has 0 fully saturated rings. The number of allylic oxidation sites excluding steroid dienone is 1. The Morgan fingerprint density at radius 2 is 2.07 bits per heavy atom. The average Bonchev–Trinajstić information content (AvgIpc) is 2.95. The van der Waals surface area contributed by atoms with E-state index in [4.69, 9.17) is 9.47 Å². The largest absolute Gasteiger partial charge is 0.490 e. The third-order valence-electron chi connectivity index (χ3n) is 4.80. The molecule has 6 heteroatoms. The molecule has 2 aromatic rings. The molecule has 0 unspecified atom stereocenters. The molecule has 3 rings (SSSR count). The van der Waals surface area contributed by atoms with Gasteiger partial charge in [0.1, 0.15) is 11.9 Å². The summed E-state index contributed by atoms with van der Waals surface area (Å²) in [6.45, 7) is 6.17. The van der Waals surface area contributed by atoms with Gasteiger partial charge in [0.05, 0.1) is 18.8 Å². The van der Waals surface area contributed by atoms with Crippen molar-refractivity contribution >= 4 is 11.6 Å². The maximum absolute atomic E-state index is 9.75. The number of unbranched alkanes of at least 4 members (excludes halogenated alkanes) is 1. The molecule has 0 amide bonds. The van der Waals surface area contributed by atoms with Crippen LogP contribution in [0.4, 0.5) is 0 Å². The van der Waals surface area contributed by atoms with Crippen LogP contribution in [0.1, 0.15) is 63.2 Å². The smallest absolute Gasteiger partial charge is 0.174 e. The van der Waals surface area contributed by atoms with Crippen LogP contribution in [0.2, 0.25) is 0 Å². The molecule has 0 N–H and O–H groups in total. The van der Waals surface area contributed by atoms with Gasteiger partial charge in [0.25, 0.3) is 0 Å². The Labute approximate surface area is 166 Å². The van der Waals surface area contributed by atoms with E-state index in [1.54, 1.807) is 0 Å². The number of ether oxygens (including phenoxy) is 2. The van der Waals surface area contributed by atoms with Gasteiger partial charge in [-0.25, -0.2) is 0 Å². The highest BCUT2D eigenvalue weighted by molar-refractivity contribution is 5.87. The molecule has 0 saturated heterocycles. The molecule has 2 heterocycles. The number of nitrogens with zero attached hydrogens (tertiary/aromatic N) is 4. The van der Waals surface area contributed by atoms with Crippen molar-refractivity contribution in [2.24, 2.45) is 0 Å². The van der Waals surface area contributed by atoms with Crippen molar-refractivity contribution in [1.29, 1.82) is 5.26 Å². The van der Waals surface area contributed by atoms with Gasteiger partial charge in [-0.05, 0) is 50.0 Å². The summed E-state index contributed by atoms with van der Waals surface area (Å²) in [5.74, 6) is 3.07. The standard InChI is InChI=1S/C22H28N4O2/c1-3-5-13-28-19-11-10-17(15-20(19)27-4-2)14-18(16-23)22-25-24-21-9-7-6-8-12-26(21)22/h10-11,14-15H,3-9,12-13H2,1-2H3/b18-14+. The Morgan fingerprint density at radius 3 is 2.86 bits per heavy atom. The number of rotatable bonds is 8. The van der Waals surface area contributed by atoms with Crippen LogP contribution in [0.15, 0.2) is 18.2 Å². The number of benzene rings is 1. The lowest BCUT2D eigenvalue weighted by molar-refractivity contribution is 0.272. The summed E-state index contributed by atoms with van der Waals surface area (Å²) >= 11 is 0. The van der Waals surface area contributed by atoms with Crippen molar-refractivity contribution in [3.8, 4) is 17.6 Å². The van der Waals surface area contributed by atoms with Crippen LogP contribution in [-0.2, 0) is 13.0 Å². The monoisotopic (exact) mass is 380 g/mol. The fourth-order valence-electron chi connectivity index (χ4n) is 3.33. The predicted octanol–water partition coefficient (Wildman–Crippen LogP) is 4.65. The van der Waals surface area contributed by atoms with Crippen LogP contribution < -0.4 is 9.47 Å². The fourth-order valence-corrected chi connectivity index (χ4v) is 3.33. The van der Waals surface area contributed by atoms with Gasteiger partial charge in [-0.15, -0.1) is 10.2 Å². The summed E-state index contributed by atoms with van der Waals surface area (Å²) in [4.78, 5) is 0. The summed E-state index contributed by atoms with van der Waals surface area (Å²) < 4.78 is 13.7. The molecule has 0 saturated carbocycles. The van der Waals surface area contributed by atoms with Gasteiger partial charge < -0.3 is 14.0 Å². The molecule has 0 spiro atoms. The maximum atomic E-state index is 9.75. The van der Waals surface area contributed by atoms with E-state index in [1.807, 2.05) is 31.2 Å². The number of hydrogen-bond donors (Lipinski definition) is 0. The molecule has 1 aromatic heterocycles. The molecule has 148 valence electrons. The van der Waals surface area contributed by atoms with Crippen LogP contribution in [0.5, 0.6) is 11.5 Å². The highest BCUT2D eigenvalue weighted by Crippen LogP contribution is 2.30. The Bertz CT molecular complexity index is 864. The molecule has 0 aliphatic carbocycles. The molecule has 28 heavy (non-hydrogen) atoms. The van der Waals surface area contributed by atoms with Gasteiger partial charge in [-0.3, -0.25) is 0 Å². The third-order valence-corrected chi connectivity index (χ3v) is 4.80. The van der Waals surface area contributed by atoms with Gasteiger partial charge in [-0.1, -0.05) is 25.8 Å². The van der Waals surface area contributed by atoms with Crippen molar-refractivity contribution in [1.82, 2.24) is 14.8 Å². The highest BCUT2D eigenvalue weighted by atomic mass is 16.5. The minimum atomic E-state index is 0.516. The van der Waals surface area contributed by atoms with Crippen molar-refractivity contribution < 1.29 is 9.47 Å². The topological polar surface area (TPSA) is 73.0 Å². The summed E-state index contributed by atoms with van der Waals surface area (Å²) in [6, 6.07) is 8.07.